The van der Waals surface area contributed by atoms with Crippen LogP contribution >= 0.6 is 23.1 Å². The van der Waals surface area contributed by atoms with Crippen molar-refractivity contribution in [3.63, 3.8) is 0 Å². The van der Waals surface area contributed by atoms with Crippen LogP contribution in [0.2, 0.25) is 0 Å². The van der Waals surface area contributed by atoms with Gasteiger partial charge in [-0.15, -0.1) is 11.3 Å². The van der Waals surface area contributed by atoms with Crippen LogP contribution in [-0.2, 0) is 4.79 Å². The second kappa shape index (κ2) is 6.29. The number of hydrogen-bond donors (Lipinski definition) is 1. The summed E-state index contributed by atoms with van der Waals surface area (Å²) in [6.45, 7) is 6.22. The molecule has 2 rings (SSSR count). The predicted octanol–water partition coefficient (Wildman–Crippen LogP) is 3.02. The fourth-order valence-electron chi connectivity index (χ4n) is 2.46. The number of rotatable bonds is 5. The van der Waals surface area contributed by atoms with Crippen LogP contribution in [0, 0.1) is 6.92 Å². The number of nitrogens with one attached hydrogen (secondary N) is 1. The molecule has 3 unspecified atom stereocenters. The smallest absolute Gasteiger partial charge is 0.241 e. The first-order chi connectivity index (χ1) is 9.04. The molecule has 1 saturated heterocycles. The molecule has 5 heteroatoms. The minimum absolute atomic E-state index is 0.0538. The van der Waals surface area contributed by atoms with Crippen molar-refractivity contribution >= 4 is 29.0 Å². The monoisotopic (exact) mass is 298 g/mol. The van der Waals surface area contributed by atoms with Crippen molar-refractivity contribution in [1.82, 2.24) is 10.2 Å². The molecule has 1 amide bonds. The number of thioether (sulfide) groups is 1. The molecule has 1 fully saturated rings. The summed E-state index contributed by atoms with van der Waals surface area (Å²) in [5, 5.41) is 3.42. The van der Waals surface area contributed by atoms with Crippen LogP contribution in [0.25, 0.3) is 0 Å². The maximum absolute atomic E-state index is 12.4. The predicted molar refractivity (Wildman–Crippen MR) is 83.7 cm³/mol. The van der Waals surface area contributed by atoms with Gasteiger partial charge in [0.15, 0.2) is 0 Å². The zero-order chi connectivity index (χ0) is 14.0. The van der Waals surface area contributed by atoms with E-state index in [0.717, 1.165) is 12.2 Å². The summed E-state index contributed by atoms with van der Waals surface area (Å²) >= 11 is 3.61. The lowest BCUT2D eigenvalue weighted by molar-refractivity contribution is -0.131. The first-order valence-electron chi connectivity index (χ1n) is 6.68. The third-order valence-electron chi connectivity index (χ3n) is 3.56. The van der Waals surface area contributed by atoms with Gasteiger partial charge in [0, 0.05) is 15.8 Å². The minimum atomic E-state index is -0.0795. The standard InChI is InChI=1S/C14H22N2OS2/c1-9(7-8-18-4)16-13(15-11(3)14(16)17)12-6-5-10(2)19-12/h5-6,9,11,13,15H,7-8H2,1-4H3. The molecule has 1 N–H and O–H groups in total. The summed E-state index contributed by atoms with van der Waals surface area (Å²) in [7, 11) is 0. The van der Waals surface area contributed by atoms with Gasteiger partial charge in [0.25, 0.3) is 0 Å². The number of thiophene rings is 1. The zero-order valence-corrected chi connectivity index (χ0v) is 13.6. The van der Waals surface area contributed by atoms with Crippen molar-refractivity contribution in [3.8, 4) is 0 Å². The van der Waals surface area contributed by atoms with Gasteiger partial charge in [-0.2, -0.15) is 11.8 Å². The summed E-state index contributed by atoms with van der Waals surface area (Å²) in [6.07, 6.45) is 3.21. The van der Waals surface area contributed by atoms with E-state index >= 15 is 0 Å². The van der Waals surface area contributed by atoms with Crippen LogP contribution in [-0.4, -0.2) is 34.9 Å². The lowest BCUT2D eigenvalue weighted by atomic mass is 10.2. The Morgan fingerprint density at radius 3 is 2.84 bits per heavy atom. The summed E-state index contributed by atoms with van der Waals surface area (Å²) in [5.74, 6) is 1.32. The van der Waals surface area contributed by atoms with Crippen LogP contribution in [0.15, 0.2) is 12.1 Å². The first kappa shape index (κ1) is 14.9. The minimum Gasteiger partial charge on any atom is -0.318 e. The Labute approximate surface area is 123 Å². The molecule has 0 bridgehead atoms. The zero-order valence-electron chi connectivity index (χ0n) is 12.0. The molecule has 1 aliphatic rings. The van der Waals surface area contributed by atoms with E-state index in [4.69, 9.17) is 0 Å². The van der Waals surface area contributed by atoms with Crippen LogP contribution in [0.3, 0.4) is 0 Å². The number of nitrogens with zero attached hydrogens (tertiary/aromatic N) is 1. The summed E-state index contributed by atoms with van der Waals surface area (Å²) in [6, 6.07) is 4.46. The van der Waals surface area contributed by atoms with Gasteiger partial charge >= 0.3 is 0 Å². The highest BCUT2D eigenvalue weighted by atomic mass is 32.2. The molecule has 1 aromatic heterocycles. The Kier molecular flexibility index (Phi) is 4.92. The van der Waals surface area contributed by atoms with Crippen molar-refractivity contribution in [2.24, 2.45) is 0 Å². The SMILES string of the molecule is CSCCC(C)N1C(=O)C(C)NC1c1ccc(C)s1. The van der Waals surface area contributed by atoms with Crippen molar-refractivity contribution < 1.29 is 4.79 Å². The third kappa shape index (κ3) is 3.15. The molecule has 19 heavy (non-hydrogen) atoms. The lowest BCUT2D eigenvalue weighted by Crippen LogP contribution is -2.38. The van der Waals surface area contributed by atoms with Crippen molar-refractivity contribution in [1.29, 1.82) is 0 Å². The molecular weight excluding hydrogens is 276 g/mol. The maximum atomic E-state index is 12.4. The van der Waals surface area contributed by atoms with E-state index in [1.54, 1.807) is 11.3 Å². The van der Waals surface area contributed by atoms with Gasteiger partial charge in [0.2, 0.25) is 5.91 Å². The highest BCUT2D eigenvalue weighted by Gasteiger charge is 2.40. The second-order valence-corrected chi connectivity index (χ2v) is 7.42. The van der Waals surface area contributed by atoms with Gasteiger partial charge in [-0.05, 0) is 51.3 Å². The maximum Gasteiger partial charge on any atom is 0.241 e. The van der Waals surface area contributed by atoms with Gasteiger partial charge in [0.05, 0.1) is 6.04 Å². The van der Waals surface area contributed by atoms with E-state index in [-0.39, 0.29) is 24.2 Å². The highest BCUT2D eigenvalue weighted by Crippen LogP contribution is 2.32. The third-order valence-corrected chi connectivity index (χ3v) is 5.25. The molecule has 0 aromatic carbocycles. The largest absolute Gasteiger partial charge is 0.318 e. The first-order valence-corrected chi connectivity index (χ1v) is 8.89. The molecular formula is C14H22N2OS2. The fourth-order valence-corrected chi connectivity index (χ4v) is 3.97. The number of hydrogen-bond acceptors (Lipinski definition) is 4. The molecule has 3 nitrogen and oxygen atoms in total. The van der Waals surface area contributed by atoms with Gasteiger partial charge < -0.3 is 4.90 Å². The molecule has 3 atom stereocenters. The van der Waals surface area contributed by atoms with Crippen molar-refractivity contribution in [2.45, 2.75) is 45.4 Å². The summed E-state index contributed by atoms with van der Waals surface area (Å²) in [5.41, 5.74) is 0. The normalized spacial score (nSPS) is 25.1. The van der Waals surface area contributed by atoms with Gasteiger partial charge in [0.1, 0.15) is 6.17 Å². The quantitative estimate of drug-likeness (QED) is 0.907. The Hall–Kier alpha value is -0.520. The van der Waals surface area contributed by atoms with E-state index in [9.17, 15) is 4.79 Å². The Morgan fingerprint density at radius 1 is 1.53 bits per heavy atom. The Morgan fingerprint density at radius 2 is 2.26 bits per heavy atom. The van der Waals surface area contributed by atoms with Crippen LogP contribution in [0.1, 0.15) is 36.2 Å². The number of carbonyl (C=O) groups excluding carboxylic acids is 1. The number of amides is 1. The van der Waals surface area contributed by atoms with Crippen LogP contribution in [0.4, 0.5) is 0 Å². The Bertz CT molecular complexity index is 446. The molecule has 1 aliphatic heterocycles. The lowest BCUT2D eigenvalue weighted by Gasteiger charge is -2.29. The molecule has 0 saturated carbocycles. The molecule has 1 aromatic rings. The summed E-state index contributed by atoms with van der Waals surface area (Å²) in [4.78, 5) is 16.9. The molecule has 0 spiro atoms. The van der Waals surface area contributed by atoms with Crippen molar-refractivity contribution in [3.05, 3.63) is 21.9 Å². The van der Waals surface area contributed by atoms with Gasteiger partial charge in [-0.1, -0.05) is 0 Å². The van der Waals surface area contributed by atoms with E-state index in [0.29, 0.717) is 0 Å². The molecule has 0 radical (unpaired) electrons. The fraction of sp³-hybridized carbons (Fsp3) is 0.643. The number of aryl methyl sites for hydroxylation is 1. The molecule has 106 valence electrons. The van der Waals surface area contributed by atoms with Crippen molar-refractivity contribution in [2.75, 3.05) is 12.0 Å². The topological polar surface area (TPSA) is 32.3 Å². The van der Waals surface area contributed by atoms with Gasteiger partial charge in [-0.25, -0.2) is 0 Å². The van der Waals surface area contributed by atoms with Crippen LogP contribution < -0.4 is 5.32 Å². The van der Waals surface area contributed by atoms with E-state index in [1.165, 1.54) is 9.75 Å². The Balaban J connectivity index is 2.18. The van der Waals surface area contributed by atoms with E-state index in [2.05, 4.69) is 37.6 Å². The average molecular weight is 298 g/mol. The molecule has 0 aliphatic carbocycles. The van der Waals surface area contributed by atoms with Crippen LogP contribution in [0.5, 0.6) is 0 Å². The second-order valence-electron chi connectivity index (χ2n) is 5.12. The van der Waals surface area contributed by atoms with Gasteiger partial charge in [-0.3, -0.25) is 10.1 Å². The van der Waals surface area contributed by atoms with E-state index in [1.807, 2.05) is 23.6 Å². The van der Waals surface area contributed by atoms with E-state index < -0.39 is 0 Å². The molecule has 2 heterocycles. The highest BCUT2D eigenvalue weighted by molar-refractivity contribution is 7.98. The summed E-state index contributed by atoms with van der Waals surface area (Å²) < 4.78 is 0. The number of carbonyl (C=O) groups is 1. The average Bonchev–Trinajstić information content (AvgIpc) is 2.92.